The number of benzene rings is 1. The number of aromatic nitrogens is 1. The molecule has 3 rings (SSSR count). The third-order valence-corrected chi connectivity index (χ3v) is 4.74. The lowest BCUT2D eigenvalue weighted by Gasteiger charge is -2.26. The Hall–Kier alpha value is -1.23. The van der Waals surface area contributed by atoms with Crippen molar-refractivity contribution in [3.8, 4) is 0 Å². The van der Waals surface area contributed by atoms with E-state index in [1.807, 2.05) is 6.92 Å². The fourth-order valence-electron chi connectivity index (χ4n) is 2.57. The molecule has 0 amide bonds. The molecule has 100 valence electrons. The van der Waals surface area contributed by atoms with Crippen LogP contribution in [0.2, 0.25) is 0 Å². The van der Waals surface area contributed by atoms with Gasteiger partial charge in [-0.05, 0) is 36.8 Å². The molecule has 0 spiro atoms. The van der Waals surface area contributed by atoms with Gasteiger partial charge < -0.3 is 0 Å². The van der Waals surface area contributed by atoms with E-state index >= 15 is 0 Å². The maximum atomic E-state index is 5.70. The van der Waals surface area contributed by atoms with Crippen molar-refractivity contribution in [3.05, 3.63) is 51.5 Å². The molecule has 1 heterocycles. The lowest BCUT2D eigenvalue weighted by Crippen LogP contribution is -2.29. The van der Waals surface area contributed by atoms with E-state index in [2.05, 4.69) is 40.1 Å². The van der Waals surface area contributed by atoms with Crippen molar-refractivity contribution < 1.29 is 0 Å². The topological polar surface area (TPSA) is 50.9 Å². The molecular formula is C15H19N3S. The van der Waals surface area contributed by atoms with Crippen LogP contribution >= 0.6 is 11.3 Å². The first kappa shape index (κ1) is 12.8. The fourth-order valence-corrected chi connectivity index (χ4v) is 3.21. The average molecular weight is 273 g/mol. The van der Waals surface area contributed by atoms with Crippen LogP contribution in [0, 0.1) is 6.92 Å². The van der Waals surface area contributed by atoms with Crippen molar-refractivity contribution in [2.45, 2.75) is 38.1 Å². The molecule has 0 radical (unpaired) electrons. The summed E-state index contributed by atoms with van der Waals surface area (Å²) in [5.74, 6) is 6.47. The van der Waals surface area contributed by atoms with E-state index in [1.54, 1.807) is 11.3 Å². The Morgan fingerprint density at radius 2 is 2.05 bits per heavy atom. The largest absolute Gasteiger partial charge is 0.271 e. The Balaban J connectivity index is 1.83. The second kappa shape index (κ2) is 5.41. The summed E-state index contributed by atoms with van der Waals surface area (Å²) >= 11 is 1.66. The number of hydrogen-bond acceptors (Lipinski definition) is 4. The van der Waals surface area contributed by atoms with E-state index in [9.17, 15) is 0 Å². The van der Waals surface area contributed by atoms with Gasteiger partial charge in [0.1, 0.15) is 0 Å². The van der Waals surface area contributed by atoms with Crippen LogP contribution in [-0.2, 0) is 0 Å². The lowest BCUT2D eigenvalue weighted by molar-refractivity contribution is 0.419. The van der Waals surface area contributed by atoms with Crippen LogP contribution < -0.4 is 11.3 Å². The summed E-state index contributed by atoms with van der Waals surface area (Å²) in [5, 5.41) is 3.14. The minimum absolute atomic E-state index is 0.0135. The normalized spacial score (nSPS) is 17.2. The summed E-state index contributed by atoms with van der Waals surface area (Å²) in [4.78, 5) is 4.52. The van der Waals surface area contributed by atoms with Crippen molar-refractivity contribution in [1.82, 2.24) is 10.4 Å². The first-order chi connectivity index (χ1) is 9.28. The van der Waals surface area contributed by atoms with E-state index in [4.69, 9.17) is 5.84 Å². The zero-order chi connectivity index (χ0) is 13.2. The summed E-state index contributed by atoms with van der Waals surface area (Å²) < 4.78 is 0. The van der Waals surface area contributed by atoms with Crippen LogP contribution in [0.4, 0.5) is 0 Å². The van der Waals surface area contributed by atoms with Gasteiger partial charge in [-0.1, -0.05) is 30.7 Å². The van der Waals surface area contributed by atoms with E-state index in [-0.39, 0.29) is 6.04 Å². The number of nitrogens with two attached hydrogens (primary N) is 1. The summed E-state index contributed by atoms with van der Waals surface area (Å²) in [6, 6.07) is 8.81. The van der Waals surface area contributed by atoms with Gasteiger partial charge in [0.25, 0.3) is 0 Å². The molecule has 0 saturated heterocycles. The van der Waals surface area contributed by atoms with Gasteiger partial charge in [-0.15, -0.1) is 11.3 Å². The number of nitrogens with one attached hydrogen (secondary N) is 1. The number of hydrogen-bond donors (Lipinski definition) is 2. The van der Waals surface area contributed by atoms with Crippen LogP contribution in [0.15, 0.2) is 29.6 Å². The number of rotatable bonds is 4. The van der Waals surface area contributed by atoms with Gasteiger partial charge in [0.2, 0.25) is 0 Å². The van der Waals surface area contributed by atoms with Gasteiger partial charge in [0.15, 0.2) is 0 Å². The predicted octanol–water partition coefficient (Wildman–Crippen LogP) is 3.27. The minimum Gasteiger partial charge on any atom is -0.271 e. The van der Waals surface area contributed by atoms with Crippen molar-refractivity contribution >= 4 is 11.3 Å². The Kier molecular flexibility index (Phi) is 3.64. The van der Waals surface area contributed by atoms with Gasteiger partial charge in [0.05, 0.1) is 16.7 Å². The molecule has 1 saturated carbocycles. The highest BCUT2D eigenvalue weighted by atomic mass is 32.1. The van der Waals surface area contributed by atoms with Gasteiger partial charge in [-0.3, -0.25) is 5.84 Å². The molecule has 1 aliphatic rings. The average Bonchev–Trinajstić information content (AvgIpc) is 2.77. The molecule has 1 aliphatic carbocycles. The monoisotopic (exact) mass is 273 g/mol. The smallest absolute Gasteiger partial charge is 0.0898 e. The Labute approximate surface area is 117 Å². The summed E-state index contributed by atoms with van der Waals surface area (Å²) in [6.45, 7) is 2.02. The Morgan fingerprint density at radius 3 is 2.53 bits per heavy atom. The Morgan fingerprint density at radius 1 is 1.32 bits per heavy atom. The van der Waals surface area contributed by atoms with Gasteiger partial charge in [-0.2, -0.15) is 0 Å². The number of hydrazine groups is 1. The third-order valence-electron chi connectivity index (χ3n) is 3.95. The van der Waals surface area contributed by atoms with E-state index in [0.717, 1.165) is 16.6 Å². The molecular weight excluding hydrogens is 254 g/mol. The first-order valence-corrected chi connectivity index (χ1v) is 7.64. The third kappa shape index (κ3) is 2.56. The molecule has 1 aromatic carbocycles. The second-order valence-electron chi connectivity index (χ2n) is 5.19. The Bertz CT molecular complexity index is 543. The van der Waals surface area contributed by atoms with Gasteiger partial charge in [-0.25, -0.2) is 10.4 Å². The summed E-state index contributed by atoms with van der Waals surface area (Å²) in [7, 11) is 0. The van der Waals surface area contributed by atoms with Crippen molar-refractivity contribution in [2.24, 2.45) is 5.84 Å². The molecule has 19 heavy (non-hydrogen) atoms. The SMILES string of the molecule is Cc1nc(C(NN)c2ccc(C3CCC3)cc2)cs1. The minimum atomic E-state index is -0.0135. The van der Waals surface area contributed by atoms with Crippen LogP contribution in [0.5, 0.6) is 0 Å². The lowest BCUT2D eigenvalue weighted by atomic mass is 9.80. The van der Waals surface area contributed by atoms with E-state index < -0.39 is 0 Å². The standard InChI is InChI=1S/C15H19N3S/c1-10-17-14(9-19-10)15(18-16)13-7-5-12(6-8-13)11-3-2-4-11/h5-9,11,15,18H,2-4,16H2,1H3. The highest BCUT2D eigenvalue weighted by molar-refractivity contribution is 7.09. The number of nitrogens with zero attached hydrogens (tertiary/aromatic N) is 1. The molecule has 1 unspecified atom stereocenters. The van der Waals surface area contributed by atoms with Crippen molar-refractivity contribution in [2.75, 3.05) is 0 Å². The number of aryl methyl sites for hydroxylation is 1. The summed E-state index contributed by atoms with van der Waals surface area (Å²) in [5.41, 5.74) is 6.51. The molecule has 3 nitrogen and oxygen atoms in total. The molecule has 4 heteroatoms. The molecule has 1 fully saturated rings. The van der Waals surface area contributed by atoms with Crippen LogP contribution in [0.3, 0.4) is 0 Å². The maximum absolute atomic E-state index is 5.70. The van der Waals surface area contributed by atoms with Crippen molar-refractivity contribution in [3.63, 3.8) is 0 Å². The molecule has 1 aromatic heterocycles. The zero-order valence-electron chi connectivity index (χ0n) is 11.1. The fraction of sp³-hybridized carbons (Fsp3) is 0.400. The van der Waals surface area contributed by atoms with Crippen molar-refractivity contribution in [1.29, 1.82) is 0 Å². The molecule has 1 atom stereocenters. The second-order valence-corrected chi connectivity index (χ2v) is 6.25. The quantitative estimate of drug-likeness (QED) is 0.664. The van der Waals surface area contributed by atoms with E-state index in [0.29, 0.717) is 0 Å². The van der Waals surface area contributed by atoms with Gasteiger partial charge in [0, 0.05) is 5.38 Å². The van der Waals surface area contributed by atoms with E-state index in [1.165, 1.54) is 30.4 Å². The van der Waals surface area contributed by atoms with Crippen LogP contribution in [-0.4, -0.2) is 4.98 Å². The highest BCUT2D eigenvalue weighted by Crippen LogP contribution is 2.36. The summed E-state index contributed by atoms with van der Waals surface area (Å²) in [6.07, 6.45) is 4.05. The number of thiazole rings is 1. The first-order valence-electron chi connectivity index (χ1n) is 6.76. The predicted molar refractivity (Wildman–Crippen MR) is 79.1 cm³/mol. The zero-order valence-corrected chi connectivity index (χ0v) is 11.9. The van der Waals surface area contributed by atoms with Gasteiger partial charge >= 0.3 is 0 Å². The molecule has 0 bridgehead atoms. The molecule has 0 aliphatic heterocycles. The molecule has 3 N–H and O–H groups in total. The van der Waals surface area contributed by atoms with Crippen LogP contribution in [0.1, 0.15) is 53.1 Å². The maximum Gasteiger partial charge on any atom is 0.0898 e. The van der Waals surface area contributed by atoms with Crippen LogP contribution in [0.25, 0.3) is 0 Å². The highest BCUT2D eigenvalue weighted by Gasteiger charge is 2.20. The molecule has 2 aromatic rings.